The molecular weight excluding hydrogens is 495 g/mol. The molecule has 0 bridgehead atoms. The Bertz CT molecular complexity index is 1690. The molecule has 0 saturated heterocycles. The van der Waals surface area contributed by atoms with E-state index in [2.05, 4.69) is 10.3 Å². The molecule has 0 spiro atoms. The van der Waals surface area contributed by atoms with Crippen LogP contribution in [-0.4, -0.2) is 42.8 Å². The number of phenols is 1. The van der Waals surface area contributed by atoms with Crippen LogP contribution in [0.2, 0.25) is 0 Å². The summed E-state index contributed by atoms with van der Waals surface area (Å²) in [4.78, 5) is 54.0. The molecule has 4 aromatic rings. The Morgan fingerprint density at radius 1 is 1.08 bits per heavy atom. The molecule has 1 amide bonds. The largest absolute Gasteiger partial charge is 0.508 e. The second-order valence-electron chi connectivity index (χ2n) is 9.21. The maximum Gasteiger partial charge on any atom is 0.404 e. The third kappa shape index (κ3) is 4.54. The minimum Gasteiger partial charge on any atom is -0.508 e. The molecule has 38 heavy (non-hydrogen) atoms. The van der Waals surface area contributed by atoms with E-state index in [0.717, 1.165) is 16.8 Å². The van der Waals surface area contributed by atoms with Gasteiger partial charge in [0, 0.05) is 17.6 Å². The first-order valence-electron chi connectivity index (χ1n) is 12.0. The molecule has 2 aromatic carbocycles. The van der Waals surface area contributed by atoms with Crippen molar-refractivity contribution >= 4 is 23.4 Å². The van der Waals surface area contributed by atoms with Gasteiger partial charge in [0.1, 0.15) is 11.6 Å². The number of nitrogens with zero attached hydrogens (tertiary/aromatic N) is 3. The number of carboxylic acid groups (broad SMARTS) is 1. The van der Waals surface area contributed by atoms with Crippen LogP contribution in [0.3, 0.4) is 0 Å². The number of aromatic hydroxyl groups is 1. The number of hydrogen-bond acceptors (Lipinski definition) is 6. The topological polar surface area (TPSA) is 144 Å². The van der Waals surface area contributed by atoms with Gasteiger partial charge in [0.15, 0.2) is 11.9 Å². The molecule has 0 unspecified atom stereocenters. The molecule has 1 aliphatic rings. The van der Waals surface area contributed by atoms with Crippen LogP contribution in [-0.2, 0) is 0 Å². The van der Waals surface area contributed by atoms with Gasteiger partial charge in [-0.25, -0.2) is 23.5 Å². The number of hydrogen-bond donors (Lipinski definition) is 3. The molecule has 5 rings (SSSR count). The predicted molar refractivity (Wildman–Crippen MR) is 136 cm³/mol. The number of rotatable bonds is 5. The van der Waals surface area contributed by atoms with E-state index in [1.54, 1.807) is 24.3 Å². The summed E-state index contributed by atoms with van der Waals surface area (Å²) in [7, 11) is 0. The van der Waals surface area contributed by atoms with Crippen molar-refractivity contribution in [2.24, 2.45) is 0 Å². The SMILES string of the molecule is O=Cc1ccc(O)cc1-c1cccc(-n2c(=O)n(C3CCC(NC(=O)O)CC3)c(=O)c3cc(F)cnc32)c1. The molecule has 0 atom stereocenters. The molecule has 194 valence electrons. The van der Waals surface area contributed by atoms with Crippen molar-refractivity contribution in [1.82, 2.24) is 19.4 Å². The number of pyridine rings is 1. The Hall–Kier alpha value is -4.80. The number of halogens is 1. The highest BCUT2D eigenvalue weighted by atomic mass is 19.1. The summed E-state index contributed by atoms with van der Waals surface area (Å²) >= 11 is 0. The fraction of sp³-hybridized carbons (Fsp3) is 0.222. The van der Waals surface area contributed by atoms with Gasteiger partial charge in [-0.05, 0) is 73.2 Å². The van der Waals surface area contributed by atoms with Crippen LogP contribution < -0.4 is 16.6 Å². The third-order valence-corrected chi connectivity index (χ3v) is 6.86. The van der Waals surface area contributed by atoms with Crippen LogP contribution >= 0.6 is 0 Å². The number of aromatic nitrogens is 3. The third-order valence-electron chi connectivity index (χ3n) is 6.86. The van der Waals surface area contributed by atoms with E-state index in [9.17, 15) is 28.7 Å². The van der Waals surface area contributed by atoms with Crippen molar-refractivity contribution < 1.29 is 24.2 Å². The number of nitrogens with one attached hydrogen (secondary N) is 1. The van der Waals surface area contributed by atoms with Crippen LogP contribution in [0, 0.1) is 5.82 Å². The van der Waals surface area contributed by atoms with Gasteiger partial charge in [0.2, 0.25) is 0 Å². The van der Waals surface area contributed by atoms with Crippen LogP contribution in [0.1, 0.15) is 42.1 Å². The standard InChI is InChI=1S/C27H23FN4O6/c28-17-11-23-24(29-13-17)31(20-3-1-2-15(10-20)22-12-21(34)9-4-16(22)14-33)27(38)32(25(23)35)19-7-5-18(6-8-19)30-26(36)37/h1-4,9-14,18-19,30,34H,5-8H2,(H,36,37). The van der Waals surface area contributed by atoms with Crippen LogP contribution in [0.25, 0.3) is 27.8 Å². The van der Waals surface area contributed by atoms with Crippen LogP contribution in [0.4, 0.5) is 9.18 Å². The Labute approximate surface area is 214 Å². The lowest BCUT2D eigenvalue weighted by atomic mass is 9.91. The van der Waals surface area contributed by atoms with Crippen molar-refractivity contribution in [1.29, 1.82) is 0 Å². The van der Waals surface area contributed by atoms with E-state index in [1.165, 1.54) is 22.8 Å². The highest BCUT2D eigenvalue weighted by Gasteiger charge is 2.28. The fourth-order valence-corrected chi connectivity index (χ4v) is 5.10. The van der Waals surface area contributed by atoms with Gasteiger partial charge in [0.25, 0.3) is 5.56 Å². The first-order valence-corrected chi connectivity index (χ1v) is 12.0. The zero-order valence-corrected chi connectivity index (χ0v) is 20.0. The number of aldehydes is 1. The summed E-state index contributed by atoms with van der Waals surface area (Å²) in [6, 6.07) is 11.2. The lowest BCUT2D eigenvalue weighted by molar-refractivity contribution is 0.112. The van der Waals surface area contributed by atoms with E-state index >= 15 is 0 Å². The molecule has 0 aliphatic heterocycles. The quantitative estimate of drug-likeness (QED) is 0.342. The average molecular weight is 519 g/mol. The van der Waals surface area contributed by atoms with Crippen molar-refractivity contribution in [3.8, 4) is 22.6 Å². The second-order valence-corrected chi connectivity index (χ2v) is 9.21. The Balaban J connectivity index is 1.68. The van der Waals surface area contributed by atoms with Gasteiger partial charge in [-0.3, -0.25) is 14.2 Å². The van der Waals surface area contributed by atoms with E-state index in [-0.39, 0.29) is 22.8 Å². The molecule has 0 radical (unpaired) electrons. The number of amides is 1. The lowest BCUT2D eigenvalue weighted by Crippen LogP contribution is -2.45. The second kappa shape index (κ2) is 9.92. The first kappa shape index (κ1) is 24.9. The van der Waals surface area contributed by atoms with Gasteiger partial charge in [-0.1, -0.05) is 12.1 Å². The van der Waals surface area contributed by atoms with Crippen molar-refractivity contribution in [3.05, 3.63) is 86.9 Å². The highest BCUT2D eigenvalue weighted by molar-refractivity contribution is 5.88. The van der Waals surface area contributed by atoms with Gasteiger partial charge in [-0.2, -0.15) is 0 Å². The number of phenolic OH excluding ortho intramolecular Hbond substituents is 1. The minimum absolute atomic E-state index is 0.0254. The summed E-state index contributed by atoms with van der Waals surface area (Å²) < 4.78 is 16.5. The molecule has 2 aromatic heterocycles. The molecule has 10 nitrogen and oxygen atoms in total. The molecule has 3 N–H and O–H groups in total. The lowest BCUT2D eigenvalue weighted by Gasteiger charge is -2.29. The summed E-state index contributed by atoms with van der Waals surface area (Å²) in [6.45, 7) is 0. The smallest absolute Gasteiger partial charge is 0.404 e. The zero-order chi connectivity index (χ0) is 27.0. The Morgan fingerprint density at radius 3 is 2.55 bits per heavy atom. The zero-order valence-electron chi connectivity index (χ0n) is 20.0. The predicted octanol–water partition coefficient (Wildman–Crippen LogP) is 3.62. The summed E-state index contributed by atoms with van der Waals surface area (Å²) in [6.07, 6.45) is 2.07. The van der Waals surface area contributed by atoms with Gasteiger partial charge in [0.05, 0.1) is 17.3 Å². The van der Waals surface area contributed by atoms with Gasteiger partial charge < -0.3 is 15.5 Å². The average Bonchev–Trinajstić information content (AvgIpc) is 2.90. The summed E-state index contributed by atoms with van der Waals surface area (Å²) in [5.41, 5.74) is 0.259. The van der Waals surface area contributed by atoms with E-state index < -0.39 is 29.2 Å². The molecule has 2 heterocycles. The van der Waals surface area contributed by atoms with E-state index in [4.69, 9.17) is 5.11 Å². The normalized spacial score (nSPS) is 17.3. The number of fused-ring (bicyclic) bond motifs is 1. The first-order chi connectivity index (χ1) is 18.3. The van der Waals surface area contributed by atoms with E-state index in [0.29, 0.717) is 54.3 Å². The van der Waals surface area contributed by atoms with Crippen molar-refractivity contribution in [3.63, 3.8) is 0 Å². The van der Waals surface area contributed by atoms with E-state index in [1.807, 2.05) is 0 Å². The van der Waals surface area contributed by atoms with Crippen molar-refractivity contribution in [2.75, 3.05) is 0 Å². The molecule has 1 saturated carbocycles. The Kier molecular flexibility index (Phi) is 6.50. The van der Waals surface area contributed by atoms with Crippen molar-refractivity contribution in [2.45, 2.75) is 37.8 Å². The molecule has 11 heteroatoms. The monoisotopic (exact) mass is 518 g/mol. The molecule has 1 aliphatic carbocycles. The molecular formula is C27H23FN4O6. The maximum atomic E-state index is 14.2. The van der Waals surface area contributed by atoms with Crippen LogP contribution in [0.15, 0.2) is 64.3 Å². The number of carbonyl (C=O) groups excluding carboxylic acids is 1. The minimum atomic E-state index is -1.13. The fourth-order valence-electron chi connectivity index (χ4n) is 5.10. The van der Waals surface area contributed by atoms with Gasteiger partial charge >= 0.3 is 11.8 Å². The highest BCUT2D eigenvalue weighted by Crippen LogP contribution is 2.30. The summed E-state index contributed by atoms with van der Waals surface area (Å²) in [5, 5.41) is 21.3. The molecule has 1 fully saturated rings. The Morgan fingerprint density at radius 2 is 1.84 bits per heavy atom. The van der Waals surface area contributed by atoms with Crippen LogP contribution in [0.5, 0.6) is 5.75 Å². The van der Waals surface area contributed by atoms with Gasteiger partial charge in [-0.15, -0.1) is 0 Å². The number of benzene rings is 2. The number of carbonyl (C=O) groups is 2. The maximum absolute atomic E-state index is 14.2. The summed E-state index contributed by atoms with van der Waals surface area (Å²) in [5.74, 6) is -0.776.